The van der Waals surface area contributed by atoms with Crippen molar-refractivity contribution in [3.05, 3.63) is 28.8 Å². The molecule has 0 aliphatic rings. The van der Waals surface area contributed by atoms with Gasteiger partial charge in [-0.3, -0.25) is 0 Å². The van der Waals surface area contributed by atoms with Crippen LogP contribution < -0.4 is 4.74 Å². The Morgan fingerprint density at radius 2 is 2.00 bits per heavy atom. The van der Waals surface area contributed by atoms with Gasteiger partial charge in [0, 0.05) is 5.02 Å². The molecule has 15 heavy (non-hydrogen) atoms. The fourth-order valence-corrected chi connectivity index (χ4v) is 1.33. The zero-order valence-corrected chi connectivity index (χ0v) is 10.2. The van der Waals surface area contributed by atoms with Crippen LogP contribution in [-0.4, -0.2) is 19.3 Å². The van der Waals surface area contributed by atoms with Gasteiger partial charge in [-0.1, -0.05) is 17.7 Å². The highest BCUT2D eigenvalue weighted by molar-refractivity contribution is 6.30. The lowest BCUT2D eigenvalue weighted by molar-refractivity contribution is 0.0551. The minimum atomic E-state index is 0.244. The molecule has 0 heterocycles. The Balaban J connectivity index is 2.40. The lowest BCUT2D eigenvalue weighted by atomic mass is 10.2. The van der Waals surface area contributed by atoms with Crippen LogP contribution in [-0.2, 0) is 4.74 Å². The number of hydrogen-bond acceptors (Lipinski definition) is 2. The second-order valence-corrected chi connectivity index (χ2v) is 4.11. The number of ether oxygens (including phenoxy) is 2. The Kier molecular flexibility index (Phi) is 4.92. The summed E-state index contributed by atoms with van der Waals surface area (Å²) in [6.07, 6.45) is 0.244. The Labute approximate surface area is 96.2 Å². The van der Waals surface area contributed by atoms with Crippen LogP contribution in [0.4, 0.5) is 0 Å². The fourth-order valence-electron chi connectivity index (χ4n) is 1.16. The molecule has 0 saturated heterocycles. The van der Waals surface area contributed by atoms with Gasteiger partial charge in [-0.05, 0) is 38.5 Å². The molecule has 84 valence electrons. The zero-order chi connectivity index (χ0) is 11.3. The molecule has 1 rings (SSSR count). The lowest BCUT2D eigenvalue weighted by Crippen LogP contribution is -2.11. The van der Waals surface area contributed by atoms with Gasteiger partial charge in [-0.15, -0.1) is 0 Å². The van der Waals surface area contributed by atoms with Gasteiger partial charge in [0.2, 0.25) is 0 Å². The lowest BCUT2D eigenvalue weighted by Gasteiger charge is -2.11. The van der Waals surface area contributed by atoms with E-state index in [9.17, 15) is 0 Å². The van der Waals surface area contributed by atoms with E-state index in [4.69, 9.17) is 21.1 Å². The van der Waals surface area contributed by atoms with Crippen molar-refractivity contribution in [2.75, 3.05) is 13.2 Å². The molecule has 0 N–H and O–H groups in total. The van der Waals surface area contributed by atoms with Crippen molar-refractivity contribution in [3.8, 4) is 5.75 Å². The van der Waals surface area contributed by atoms with Gasteiger partial charge in [-0.25, -0.2) is 0 Å². The highest BCUT2D eigenvalue weighted by Crippen LogP contribution is 2.22. The normalized spacial score (nSPS) is 10.7. The predicted octanol–water partition coefficient (Wildman–Crippen LogP) is 3.45. The summed E-state index contributed by atoms with van der Waals surface area (Å²) in [5.41, 5.74) is 1.09. The van der Waals surface area contributed by atoms with E-state index in [2.05, 4.69) is 0 Å². The molecule has 2 nitrogen and oxygen atoms in total. The van der Waals surface area contributed by atoms with E-state index in [1.807, 2.05) is 39.0 Å². The Morgan fingerprint density at radius 3 is 2.67 bits per heavy atom. The van der Waals surface area contributed by atoms with E-state index >= 15 is 0 Å². The molecule has 1 aromatic rings. The molecule has 0 aromatic heterocycles. The van der Waals surface area contributed by atoms with E-state index in [-0.39, 0.29) is 6.10 Å². The van der Waals surface area contributed by atoms with Crippen LogP contribution >= 0.6 is 11.6 Å². The third-order valence-corrected chi connectivity index (χ3v) is 2.18. The largest absolute Gasteiger partial charge is 0.491 e. The average Bonchev–Trinajstić information content (AvgIpc) is 2.17. The number of halogens is 1. The molecule has 0 amide bonds. The number of rotatable bonds is 5. The van der Waals surface area contributed by atoms with Crippen LogP contribution in [0, 0.1) is 6.92 Å². The maximum absolute atomic E-state index is 5.87. The van der Waals surface area contributed by atoms with Gasteiger partial charge in [0.1, 0.15) is 12.4 Å². The molecule has 0 unspecified atom stereocenters. The summed E-state index contributed by atoms with van der Waals surface area (Å²) >= 11 is 5.87. The molecule has 0 fully saturated rings. The van der Waals surface area contributed by atoms with Crippen LogP contribution in [0.5, 0.6) is 5.75 Å². The quantitative estimate of drug-likeness (QED) is 0.719. The summed E-state index contributed by atoms with van der Waals surface area (Å²) in [5, 5.41) is 0.695. The highest BCUT2D eigenvalue weighted by atomic mass is 35.5. The Morgan fingerprint density at radius 1 is 1.27 bits per heavy atom. The third kappa shape index (κ3) is 4.54. The fraction of sp³-hybridized carbons (Fsp3) is 0.500. The van der Waals surface area contributed by atoms with Gasteiger partial charge in [0.25, 0.3) is 0 Å². The van der Waals surface area contributed by atoms with E-state index in [1.165, 1.54) is 0 Å². The van der Waals surface area contributed by atoms with E-state index < -0.39 is 0 Å². The first-order valence-electron chi connectivity index (χ1n) is 5.10. The summed E-state index contributed by atoms with van der Waals surface area (Å²) in [4.78, 5) is 0. The molecule has 0 bridgehead atoms. The first-order chi connectivity index (χ1) is 7.09. The second kappa shape index (κ2) is 5.99. The van der Waals surface area contributed by atoms with E-state index in [0.29, 0.717) is 18.2 Å². The summed E-state index contributed by atoms with van der Waals surface area (Å²) in [5.74, 6) is 0.829. The minimum Gasteiger partial charge on any atom is -0.491 e. The maximum atomic E-state index is 5.87. The average molecular weight is 229 g/mol. The molecule has 3 heteroatoms. The van der Waals surface area contributed by atoms with E-state index in [1.54, 1.807) is 0 Å². The van der Waals surface area contributed by atoms with E-state index in [0.717, 1.165) is 11.3 Å². The molecule has 0 aliphatic carbocycles. The first kappa shape index (κ1) is 12.3. The molecule has 0 spiro atoms. The minimum absolute atomic E-state index is 0.244. The van der Waals surface area contributed by atoms with Crippen LogP contribution in [0.1, 0.15) is 19.4 Å². The summed E-state index contributed by atoms with van der Waals surface area (Å²) in [7, 11) is 0. The second-order valence-electron chi connectivity index (χ2n) is 3.68. The van der Waals surface area contributed by atoms with Crippen molar-refractivity contribution in [3.63, 3.8) is 0 Å². The number of aryl methyl sites for hydroxylation is 1. The standard InChI is InChI=1S/C12H17ClO2/c1-9(2)14-6-7-15-12-8-11(13)5-4-10(12)3/h4-5,8-9H,6-7H2,1-3H3. The van der Waals surface area contributed by atoms with Gasteiger partial charge in [0.05, 0.1) is 12.7 Å². The van der Waals surface area contributed by atoms with Gasteiger partial charge < -0.3 is 9.47 Å². The molecule has 0 atom stereocenters. The van der Waals surface area contributed by atoms with Crippen molar-refractivity contribution >= 4 is 11.6 Å². The summed E-state index contributed by atoms with van der Waals surface area (Å²) in [6.45, 7) is 7.16. The topological polar surface area (TPSA) is 18.5 Å². The van der Waals surface area contributed by atoms with Crippen LogP contribution in [0.25, 0.3) is 0 Å². The van der Waals surface area contributed by atoms with Crippen molar-refractivity contribution in [2.24, 2.45) is 0 Å². The Hall–Kier alpha value is -0.730. The number of hydrogen-bond donors (Lipinski definition) is 0. The van der Waals surface area contributed by atoms with Crippen LogP contribution in [0.3, 0.4) is 0 Å². The smallest absolute Gasteiger partial charge is 0.123 e. The monoisotopic (exact) mass is 228 g/mol. The molecule has 0 radical (unpaired) electrons. The predicted molar refractivity (Wildman–Crippen MR) is 62.8 cm³/mol. The van der Waals surface area contributed by atoms with Crippen molar-refractivity contribution in [1.82, 2.24) is 0 Å². The third-order valence-electron chi connectivity index (χ3n) is 1.94. The summed E-state index contributed by atoms with van der Waals surface area (Å²) < 4.78 is 10.9. The van der Waals surface area contributed by atoms with Crippen molar-refractivity contribution < 1.29 is 9.47 Å². The molecule has 0 saturated carbocycles. The SMILES string of the molecule is Cc1ccc(Cl)cc1OCCOC(C)C. The van der Waals surface area contributed by atoms with Gasteiger partial charge in [0.15, 0.2) is 0 Å². The molecular formula is C12H17ClO2. The summed E-state index contributed by atoms with van der Waals surface area (Å²) in [6, 6.07) is 5.63. The van der Waals surface area contributed by atoms with Crippen LogP contribution in [0.15, 0.2) is 18.2 Å². The van der Waals surface area contributed by atoms with Crippen molar-refractivity contribution in [2.45, 2.75) is 26.9 Å². The molecular weight excluding hydrogens is 212 g/mol. The molecule has 0 aliphatic heterocycles. The highest BCUT2D eigenvalue weighted by Gasteiger charge is 2.00. The van der Waals surface area contributed by atoms with Gasteiger partial charge >= 0.3 is 0 Å². The maximum Gasteiger partial charge on any atom is 0.123 e. The number of benzene rings is 1. The Bertz CT molecular complexity index is 310. The van der Waals surface area contributed by atoms with Gasteiger partial charge in [-0.2, -0.15) is 0 Å². The van der Waals surface area contributed by atoms with Crippen LogP contribution in [0.2, 0.25) is 5.02 Å². The molecule has 1 aromatic carbocycles. The first-order valence-corrected chi connectivity index (χ1v) is 5.48. The zero-order valence-electron chi connectivity index (χ0n) is 9.42. The van der Waals surface area contributed by atoms with Crippen molar-refractivity contribution in [1.29, 1.82) is 0 Å².